The van der Waals surface area contributed by atoms with Crippen molar-refractivity contribution in [3.05, 3.63) is 18.6 Å². The van der Waals surface area contributed by atoms with Crippen LogP contribution in [0.3, 0.4) is 0 Å². The molecule has 1 aliphatic rings. The van der Waals surface area contributed by atoms with E-state index >= 15 is 0 Å². The molecule has 2 rings (SSSR count). The van der Waals surface area contributed by atoms with E-state index in [2.05, 4.69) is 28.7 Å². The zero-order chi connectivity index (χ0) is 11.4. The molecule has 0 bridgehead atoms. The summed E-state index contributed by atoms with van der Waals surface area (Å²) in [6.45, 7) is 7.01. The van der Waals surface area contributed by atoms with Crippen molar-refractivity contribution in [2.75, 3.05) is 24.7 Å². The number of hydrogen-bond donors (Lipinski definition) is 0. The SMILES string of the molecule is CC(C)C[C@@H]1COCCN1c1ccncn1. The Morgan fingerprint density at radius 2 is 2.44 bits per heavy atom. The van der Waals surface area contributed by atoms with E-state index in [4.69, 9.17) is 4.74 Å². The summed E-state index contributed by atoms with van der Waals surface area (Å²) in [5, 5.41) is 0. The van der Waals surface area contributed by atoms with Gasteiger partial charge in [0.1, 0.15) is 12.1 Å². The molecule has 1 aromatic heterocycles. The molecule has 1 saturated heterocycles. The summed E-state index contributed by atoms with van der Waals surface area (Å²) in [6, 6.07) is 2.42. The normalized spacial score (nSPS) is 21.4. The number of ether oxygens (including phenoxy) is 1. The van der Waals surface area contributed by atoms with Crippen molar-refractivity contribution >= 4 is 5.82 Å². The lowest BCUT2D eigenvalue weighted by Gasteiger charge is -2.37. The van der Waals surface area contributed by atoms with Crippen molar-refractivity contribution < 1.29 is 4.74 Å². The second-order valence-corrected chi connectivity index (χ2v) is 4.62. The maximum absolute atomic E-state index is 5.55. The first-order valence-corrected chi connectivity index (χ1v) is 5.88. The molecule has 1 fully saturated rings. The second kappa shape index (κ2) is 5.25. The molecular weight excluding hydrogens is 202 g/mol. The van der Waals surface area contributed by atoms with Crippen molar-refractivity contribution in [2.24, 2.45) is 5.92 Å². The number of nitrogens with zero attached hydrogens (tertiary/aromatic N) is 3. The smallest absolute Gasteiger partial charge is 0.132 e. The third kappa shape index (κ3) is 2.70. The molecule has 0 radical (unpaired) electrons. The number of rotatable bonds is 3. The van der Waals surface area contributed by atoms with Gasteiger partial charge in [-0.15, -0.1) is 0 Å². The summed E-state index contributed by atoms with van der Waals surface area (Å²) >= 11 is 0. The third-order valence-electron chi connectivity index (χ3n) is 2.83. The van der Waals surface area contributed by atoms with Crippen LogP contribution in [0.25, 0.3) is 0 Å². The maximum Gasteiger partial charge on any atom is 0.132 e. The van der Waals surface area contributed by atoms with Crippen LogP contribution < -0.4 is 4.90 Å². The molecule has 0 spiro atoms. The molecule has 0 amide bonds. The Morgan fingerprint density at radius 1 is 1.56 bits per heavy atom. The van der Waals surface area contributed by atoms with Crippen LogP contribution in [0.5, 0.6) is 0 Å². The van der Waals surface area contributed by atoms with Gasteiger partial charge in [0.2, 0.25) is 0 Å². The van der Waals surface area contributed by atoms with E-state index in [1.54, 1.807) is 12.5 Å². The summed E-state index contributed by atoms with van der Waals surface area (Å²) in [6.07, 6.45) is 4.55. The first-order chi connectivity index (χ1) is 7.77. The molecule has 1 aliphatic heterocycles. The Kier molecular flexibility index (Phi) is 3.72. The number of hydrogen-bond acceptors (Lipinski definition) is 4. The van der Waals surface area contributed by atoms with E-state index in [0.717, 1.165) is 32.0 Å². The van der Waals surface area contributed by atoms with Gasteiger partial charge in [0.25, 0.3) is 0 Å². The molecule has 2 heterocycles. The Hall–Kier alpha value is -1.16. The fourth-order valence-corrected chi connectivity index (χ4v) is 2.15. The minimum atomic E-state index is 0.448. The van der Waals surface area contributed by atoms with E-state index in [0.29, 0.717) is 12.0 Å². The lowest BCUT2D eigenvalue weighted by atomic mass is 10.0. The average molecular weight is 221 g/mol. The predicted molar refractivity (Wildman–Crippen MR) is 63.4 cm³/mol. The lowest BCUT2D eigenvalue weighted by molar-refractivity contribution is 0.0873. The topological polar surface area (TPSA) is 38.2 Å². The second-order valence-electron chi connectivity index (χ2n) is 4.62. The quantitative estimate of drug-likeness (QED) is 0.779. The molecule has 4 nitrogen and oxygen atoms in total. The van der Waals surface area contributed by atoms with Gasteiger partial charge in [-0.3, -0.25) is 0 Å². The average Bonchev–Trinajstić information content (AvgIpc) is 2.30. The number of aromatic nitrogens is 2. The van der Waals surface area contributed by atoms with Gasteiger partial charge in [0.15, 0.2) is 0 Å². The highest BCUT2D eigenvalue weighted by molar-refractivity contribution is 5.38. The fourth-order valence-electron chi connectivity index (χ4n) is 2.15. The molecule has 0 saturated carbocycles. The Balaban J connectivity index is 2.10. The van der Waals surface area contributed by atoms with Gasteiger partial charge in [-0.2, -0.15) is 0 Å². The summed E-state index contributed by atoms with van der Waals surface area (Å²) in [5.41, 5.74) is 0. The first kappa shape index (κ1) is 11.3. The van der Waals surface area contributed by atoms with Crippen LogP contribution in [0.1, 0.15) is 20.3 Å². The molecule has 1 atom stereocenters. The standard InChI is InChI=1S/C12H19N3O/c1-10(2)7-11-8-16-6-5-15(11)12-3-4-13-9-14-12/h3-4,9-11H,5-8H2,1-2H3/t11-/m1/s1. The van der Waals surface area contributed by atoms with Crippen molar-refractivity contribution in [3.63, 3.8) is 0 Å². The van der Waals surface area contributed by atoms with Gasteiger partial charge < -0.3 is 9.64 Å². The van der Waals surface area contributed by atoms with E-state index in [1.165, 1.54) is 0 Å². The number of morpholine rings is 1. The summed E-state index contributed by atoms with van der Waals surface area (Å²) in [5.74, 6) is 1.69. The molecule has 0 N–H and O–H groups in total. The van der Waals surface area contributed by atoms with Crippen LogP contribution in [0, 0.1) is 5.92 Å². The maximum atomic E-state index is 5.55. The van der Waals surface area contributed by atoms with Crippen molar-refractivity contribution in [1.82, 2.24) is 9.97 Å². The van der Waals surface area contributed by atoms with Crippen LogP contribution in [0.15, 0.2) is 18.6 Å². The highest BCUT2D eigenvalue weighted by Crippen LogP contribution is 2.20. The van der Waals surface area contributed by atoms with Gasteiger partial charge in [0, 0.05) is 12.7 Å². The van der Waals surface area contributed by atoms with Crippen molar-refractivity contribution in [3.8, 4) is 0 Å². The van der Waals surface area contributed by atoms with Crippen LogP contribution in [-0.4, -0.2) is 35.8 Å². The van der Waals surface area contributed by atoms with E-state index < -0.39 is 0 Å². The van der Waals surface area contributed by atoms with E-state index in [-0.39, 0.29) is 0 Å². The minimum Gasteiger partial charge on any atom is -0.377 e. The molecule has 88 valence electrons. The highest BCUT2D eigenvalue weighted by Gasteiger charge is 2.24. The highest BCUT2D eigenvalue weighted by atomic mass is 16.5. The van der Waals surface area contributed by atoms with Crippen LogP contribution in [0.4, 0.5) is 5.82 Å². The van der Waals surface area contributed by atoms with Crippen LogP contribution in [0.2, 0.25) is 0 Å². The Labute approximate surface area is 96.7 Å². The molecule has 0 aromatic carbocycles. The Morgan fingerprint density at radius 3 is 3.12 bits per heavy atom. The molecular formula is C12H19N3O. The van der Waals surface area contributed by atoms with Crippen LogP contribution in [-0.2, 0) is 4.74 Å². The summed E-state index contributed by atoms with van der Waals surface area (Å²) in [7, 11) is 0. The van der Waals surface area contributed by atoms with Gasteiger partial charge in [-0.05, 0) is 18.4 Å². The van der Waals surface area contributed by atoms with Crippen molar-refractivity contribution in [1.29, 1.82) is 0 Å². The third-order valence-corrected chi connectivity index (χ3v) is 2.83. The van der Waals surface area contributed by atoms with Crippen LogP contribution >= 0.6 is 0 Å². The van der Waals surface area contributed by atoms with Gasteiger partial charge in [0.05, 0.1) is 19.3 Å². The number of anilines is 1. The summed E-state index contributed by atoms with van der Waals surface area (Å²) in [4.78, 5) is 10.6. The molecule has 16 heavy (non-hydrogen) atoms. The lowest BCUT2D eigenvalue weighted by Crippen LogP contribution is -2.46. The Bertz CT molecular complexity index is 315. The molecule has 1 aromatic rings. The fraction of sp³-hybridized carbons (Fsp3) is 0.667. The molecule has 0 aliphatic carbocycles. The predicted octanol–water partition coefficient (Wildman–Crippen LogP) is 1.73. The van der Waals surface area contributed by atoms with Gasteiger partial charge >= 0.3 is 0 Å². The van der Waals surface area contributed by atoms with Crippen molar-refractivity contribution in [2.45, 2.75) is 26.3 Å². The van der Waals surface area contributed by atoms with E-state index in [1.807, 2.05) is 6.07 Å². The van der Waals surface area contributed by atoms with Gasteiger partial charge in [-0.25, -0.2) is 9.97 Å². The molecule has 0 unspecified atom stereocenters. The zero-order valence-electron chi connectivity index (χ0n) is 9.97. The minimum absolute atomic E-state index is 0.448. The van der Waals surface area contributed by atoms with Gasteiger partial charge in [-0.1, -0.05) is 13.8 Å². The molecule has 4 heteroatoms. The van der Waals surface area contributed by atoms with E-state index in [9.17, 15) is 0 Å². The largest absolute Gasteiger partial charge is 0.377 e. The monoisotopic (exact) mass is 221 g/mol. The summed E-state index contributed by atoms with van der Waals surface area (Å²) < 4.78 is 5.55. The first-order valence-electron chi connectivity index (χ1n) is 5.88. The zero-order valence-corrected chi connectivity index (χ0v) is 9.97.